The van der Waals surface area contributed by atoms with Crippen LogP contribution in [-0.2, 0) is 16.1 Å². The van der Waals surface area contributed by atoms with Gasteiger partial charge in [0.1, 0.15) is 18.0 Å². The molecule has 29 heavy (non-hydrogen) atoms. The second kappa shape index (κ2) is 7.50. The number of nitrogens with one attached hydrogen (secondary N) is 1. The number of carboxylic acid groups (broad SMARTS) is 1. The number of hydrogen-bond donors (Lipinski definition) is 2. The van der Waals surface area contributed by atoms with Gasteiger partial charge in [0.25, 0.3) is 0 Å². The number of methoxy groups -OCH3 is 2. The number of benzene rings is 2. The van der Waals surface area contributed by atoms with Crippen LogP contribution in [0.25, 0.3) is 10.9 Å². The first-order chi connectivity index (χ1) is 14.0. The van der Waals surface area contributed by atoms with Gasteiger partial charge in [0.05, 0.1) is 14.2 Å². The molecule has 0 aliphatic heterocycles. The van der Waals surface area contributed by atoms with E-state index in [0.29, 0.717) is 5.69 Å². The van der Waals surface area contributed by atoms with Gasteiger partial charge in [-0.1, -0.05) is 0 Å². The summed E-state index contributed by atoms with van der Waals surface area (Å²) in [4.78, 5) is 23.7. The van der Waals surface area contributed by atoms with Crippen molar-refractivity contribution in [2.24, 2.45) is 5.92 Å². The number of nitrogens with zero attached hydrogens (tertiary/aromatic N) is 1. The van der Waals surface area contributed by atoms with Crippen molar-refractivity contribution in [3.05, 3.63) is 54.2 Å². The number of rotatable bonds is 7. The van der Waals surface area contributed by atoms with E-state index in [1.54, 1.807) is 31.0 Å². The number of hydrogen-bond acceptors (Lipinski definition) is 4. The van der Waals surface area contributed by atoms with Gasteiger partial charge in [-0.2, -0.15) is 0 Å². The second-order valence-electron chi connectivity index (χ2n) is 7.16. The third-order valence-corrected chi connectivity index (χ3v) is 5.31. The van der Waals surface area contributed by atoms with E-state index in [9.17, 15) is 9.59 Å². The summed E-state index contributed by atoms with van der Waals surface area (Å²) in [5.74, 6) is 0.538. The van der Waals surface area contributed by atoms with Crippen LogP contribution in [0.3, 0.4) is 0 Å². The zero-order valence-corrected chi connectivity index (χ0v) is 16.2. The van der Waals surface area contributed by atoms with Gasteiger partial charge in [0.2, 0.25) is 5.91 Å². The van der Waals surface area contributed by atoms with Crippen molar-refractivity contribution in [1.29, 1.82) is 0 Å². The normalized spacial score (nSPS) is 17.7. The summed E-state index contributed by atoms with van der Waals surface area (Å²) in [6.07, 6.45) is 2.49. The Kier molecular flexibility index (Phi) is 4.88. The zero-order valence-electron chi connectivity index (χ0n) is 16.2. The molecular weight excluding hydrogens is 372 g/mol. The summed E-state index contributed by atoms with van der Waals surface area (Å²) in [7, 11) is 3.23. The Bertz CT molecular complexity index is 1090. The van der Waals surface area contributed by atoms with E-state index in [1.807, 2.05) is 36.4 Å². The third-order valence-electron chi connectivity index (χ3n) is 5.31. The number of carbonyl (C=O) groups is 2. The molecule has 7 heteroatoms. The summed E-state index contributed by atoms with van der Waals surface area (Å²) >= 11 is 0. The van der Waals surface area contributed by atoms with Gasteiger partial charge in [0, 0.05) is 40.2 Å². The van der Waals surface area contributed by atoms with Crippen molar-refractivity contribution in [3.8, 4) is 11.5 Å². The SMILES string of the molecule is COc1ccc(OC)c(C2CC2C(=O)Nc2ccc3c(ccn3CC(=O)O)c2)c1. The highest BCUT2D eigenvalue weighted by molar-refractivity contribution is 5.97. The molecule has 1 aliphatic carbocycles. The Morgan fingerprint density at radius 1 is 1.14 bits per heavy atom. The predicted octanol–water partition coefficient (Wildman–Crippen LogP) is 3.49. The molecule has 0 saturated heterocycles. The molecule has 150 valence electrons. The number of carbonyl (C=O) groups excluding carboxylic acids is 1. The molecule has 1 fully saturated rings. The number of fused-ring (bicyclic) bond motifs is 1. The Morgan fingerprint density at radius 3 is 2.69 bits per heavy atom. The molecule has 0 spiro atoms. The van der Waals surface area contributed by atoms with Crippen molar-refractivity contribution >= 4 is 28.5 Å². The van der Waals surface area contributed by atoms with Crippen LogP contribution in [0.1, 0.15) is 17.9 Å². The molecule has 1 amide bonds. The smallest absolute Gasteiger partial charge is 0.323 e. The first-order valence-corrected chi connectivity index (χ1v) is 9.33. The van der Waals surface area contributed by atoms with Gasteiger partial charge in [-0.3, -0.25) is 9.59 Å². The molecule has 2 atom stereocenters. The molecular formula is C22H22N2O5. The molecule has 2 aromatic carbocycles. The van der Waals surface area contributed by atoms with Crippen LogP contribution in [-0.4, -0.2) is 35.8 Å². The second-order valence-corrected chi connectivity index (χ2v) is 7.16. The fraction of sp³-hybridized carbons (Fsp3) is 0.273. The van der Waals surface area contributed by atoms with Crippen LogP contribution >= 0.6 is 0 Å². The molecule has 4 rings (SSSR count). The summed E-state index contributed by atoms with van der Waals surface area (Å²) in [6, 6.07) is 12.9. The number of anilines is 1. The number of amides is 1. The molecule has 1 saturated carbocycles. The summed E-state index contributed by atoms with van der Waals surface area (Å²) < 4.78 is 12.4. The molecule has 1 heterocycles. The average molecular weight is 394 g/mol. The van der Waals surface area contributed by atoms with Gasteiger partial charge in [0.15, 0.2) is 0 Å². The predicted molar refractivity (Wildman–Crippen MR) is 109 cm³/mol. The lowest BCUT2D eigenvalue weighted by molar-refractivity contribution is -0.137. The lowest BCUT2D eigenvalue weighted by Crippen LogP contribution is -2.14. The van der Waals surface area contributed by atoms with Gasteiger partial charge in [-0.05, 0) is 48.9 Å². The van der Waals surface area contributed by atoms with E-state index < -0.39 is 5.97 Å². The van der Waals surface area contributed by atoms with Gasteiger partial charge in [-0.15, -0.1) is 0 Å². The monoisotopic (exact) mass is 394 g/mol. The van der Waals surface area contributed by atoms with Crippen molar-refractivity contribution in [3.63, 3.8) is 0 Å². The fourth-order valence-corrected chi connectivity index (χ4v) is 3.75. The first-order valence-electron chi connectivity index (χ1n) is 9.33. The third kappa shape index (κ3) is 3.76. The summed E-state index contributed by atoms with van der Waals surface area (Å²) in [5, 5.41) is 12.8. The Hall–Kier alpha value is -3.48. The van der Waals surface area contributed by atoms with Crippen LogP contribution in [0.5, 0.6) is 11.5 Å². The minimum absolute atomic E-state index is 0.0378. The lowest BCUT2D eigenvalue weighted by atomic mass is 10.1. The van der Waals surface area contributed by atoms with Gasteiger partial charge >= 0.3 is 5.97 Å². The Balaban J connectivity index is 1.48. The topological polar surface area (TPSA) is 89.8 Å². The minimum atomic E-state index is -0.896. The number of ether oxygens (including phenoxy) is 2. The highest BCUT2D eigenvalue weighted by Gasteiger charge is 2.45. The zero-order chi connectivity index (χ0) is 20.5. The highest BCUT2D eigenvalue weighted by atomic mass is 16.5. The molecule has 1 aromatic heterocycles. The van der Waals surface area contributed by atoms with Crippen LogP contribution in [0.2, 0.25) is 0 Å². The number of carboxylic acids is 1. The van der Waals surface area contributed by atoms with E-state index in [2.05, 4.69) is 5.32 Å². The summed E-state index contributed by atoms with van der Waals surface area (Å²) in [6.45, 7) is -0.0959. The molecule has 0 bridgehead atoms. The van der Waals surface area contributed by atoms with Crippen molar-refractivity contribution in [1.82, 2.24) is 4.57 Å². The maximum absolute atomic E-state index is 12.7. The molecule has 2 unspecified atom stereocenters. The maximum atomic E-state index is 12.7. The first kappa shape index (κ1) is 18.9. The van der Waals surface area contributed by atoms with E-state index in [-0.39, 0.29) is 24.3 Å². The molecule has 1 aliphatic rings. The van der Waals surface area contributed by atoms with Crippen LogP contribution in [0.15, 0.2) is 48.7 Å². The quantitative estimate of drug-likeness (QED) is 0.640. The average Bonchev–Trinajstić information content (AvgIpc) is 3.43. The molecule has 0 radical (unpaired) electrons. The minimum Gasteiger partial charge on any atom is -0.497 e. The van der Waals surface area contributed by atoms with Crippen molar-refractivity contribution < 1.29 is 24.2 Å². The van der Waals surface area contributed by atoms with Crippen molar-refractivity contribution in [2.45, 2.75) is 18.9 Å². The number of aliphatic carboxylic acids is 1. The van der Waals surface area contributed by atoms with E-state index >= 15 is 0 Å². The molecule has 3 aromatic rings. The van der Waals surface area contributed by atoms with Gasteiger partial charge in [-0.25, -0.2) is 0 Å². The van der Waals surface area contributed by atoms with Gasteiger partial charge < -0.3 is 24.5 Å². The van der Waals surface area contributed by atoms with E-state index in [4.69, 9.17) is 14.6 Å². The standard InChI is InChI=1S/C22H22N2O5/c1-28-15-4-6-20(29-2)17(10-15)16-11-18(16)22(27)23-14-3-5-19-13(9-14)7-8-24(19)12-21(25)26/h3-10,16,18H,11-12H2,1-2H3,(H,23,27)(H,25,26). The lowest BCUT2D eigenvalue weighted by Gasteiger charge is -2.11. The van der Waals surface area contributed by atoms with E-state index in [0.717, 1.165) is 34.4 Å². The Labute approximate surface area is 167 Å². The number of aromatic nitrogens is 1. The van der Waals surface area contributed by atoms with Crippen LogP contribution in [0, 0.1) is 5.92 Å². The largest absolute Gasteiger partial charge is 0.497 e. The van der Waals surface area contributed by atoms with E-state index in [1.165, 1.54) is 0 Å². The fourth-order valence-electron chi connectivity index (χ4n) is 3.75. The maximum Gasteiger partial charge on any atom is 0.323 e. The van der Waals surface area contributed by atoms with Crippen LogP contribution < -0.4 is 14.8 Å². The Morgan fingerprint density at radius 2 is 1.97 bits per heavy atom. The highest BCUT2D eigenvalue weighted by Crippen LogP contribution is 2.51. The summed E-state index contributed by atoms with van der Waals surface area (Å²) in [5.41, 5.74) is 2.49. The van der Waals surface area contributed by atoms with Crippen LogP contribution in [0.4, 0.5) is 5.69 Å². The molecule has 2 N–H and O–H groups in total. The van der Waals surface area contributed by atoms with Crippen molar-refractivity contribution in [2.75, 3.05) is 19.5 Å². The molecule has 7 nitrogen and oxygen atoms in total.